The third-order valence-corrected chi connectivity index (χ3v) is 4.47. The summed E-state index contributed by atoms with van der Waals surface area (Å²) < 4.78 is 0. The number of carbonyl (C=O) groups is 1. The number of para-hydroxylation sites is 1. The SMILES string of the molecule is CC(C)c1cccc(C(C)C)c1NCCC(=O)N1CCCC1. The van der Waals surface area contributed by atoms with Crippen LogP contribution in [0.2, 0.25) is 0 Å². The van der Waals surface area contributed by atoms with Crippen LogP contribution in [0.1, 0.15) is 69.9 Å². The normalized spacial score (nSPS) is 14.9. The topological polar surface area (TPSA) is 32.3 Å². The van der Waals surface area contributed by atoms with Crippen molar-refractivity contribution in [1.82, 2.24) is 4.90 Å². The second kappa shape index (κ2) is 7.66. The molecule has 0 radical (unpaired) electrons. The zero-order chi connectivity index (χ0) is 16.1. The summed E-state index contributed by atoms with van der Waals surface area (Å²) in [6.45, 7) is 11.5. The first-order valence-electron chi connectivity index (χ1n) is 8.65. The predicted molar refractivity (Wildman–Crippen MR) is 93.5 cm³/mol. The highest BCUT2D eigenvalue weighted by Crippen LogP contribution is 2.32. The zero-order valence-electron chi connectivity index (χ0n) is 14.5. The van der Waals surface area contributed by atoms with Crippen LogP contribution in [0.25, 0.3) is 0 Å². The number of amides is 1. The molecular formula is C19H30N2O. The highest BCUT2D eigenvalue weighted by molar-refractivity contribution is 5.77. The van der Waals surface area contributed by atoms with E-state index < -0.39 is 0 Å². The van der Waals surface area contributed by atoms with Gasteiger partial charge in [0.15, 0.2) is 0 Å². The second-order valence-corrected chi connectivity index (χ2v) is 6.89. The Labute approximate surface area is 135 Å². The molecule has 0 bridgehead atoms. The van der Waals surface area contributed by atoms with Crippen molar-refractivity contribution in [2.24, 2.45) is 0 Å². The second-order valence-electron chi connectivity index (χ2n) is 6.89. The number of likely N-dealkylation sites (tertiary alicyclic amines) is 1. The average molecular weight is 302 g/mol. The minimum atomic E-state index is 0.290. The van der Waals surface area contributed by atoms with Gasteiger partial charge in [-0.25, -0.2) is 0 Å². The number of anilines is 1. The van der Waals surface area contributed by atoms with Gasteiger partial charge in [0.05, 0.1) is 0 Å². The van der Waals surface area contributed by atoms with E-state index in [-0.39, 0.29) is 5.91 Å². The average Bonchev–Trinajstić information content (AvgIpc) is 3.01. The van der Waals surface area contributed by atoms with Gasteiger partial charge in [-0.15, -0.1) is 0 Å². The fourth-order valence-corrected chi connectivity index (χ4v) is 3.17. The van der Waals surface area contributed by atoms with E-state index in [4.69, 9.17) is 0 Å². The summed E-state index contributed by atoms with van der Waals surface area (Å²) in [6.07, 6.45) is 2.91. The molecule has 1 heterocycles. The van der Waals surface area contributed by atoms with Crippen LogP contribution in [0.15, 0.2) is 18.2 Å². The van der Waals surface area contributed by atoms with Crippen molar-refractivity contribution in [3.8, 4) is 0 Å². The van der Waals surface area contributed by atoms with E-state index in [1.54, 1.807) is 0 Å². The van der Waals surface area contributed by atoms with Crippen molar-refractivity contribution in [2.75, 3.05) is 25.0 Å². The van der Waals surface area contributed by atoms with E-state index in [1.807, 2.05) is 4.90 Å². The van der Waals surface area contributed by atoms with Gasteiger partial charge in [0, 0.05) is 31.7 Å². The lowest BCUT2D eigenvalue weighted by Crippen LogP contribution is -2.29. The first-order chi connectivity index (χ1) is 10.5. The summed E-state index contributed by atoms with van der Waals surface area (Å²) in [4.78, 5) is 14.2. The quantitative estimate of drug-likeness (QED) is 0.847. The number of benzene rings is 1. The molecule has 22 heavy (non-hydrogen) atoms. The third-order valence-electron chi connectivity index (χ3n) is 4.47. The molecule has 122 valence electrons. The summed E-state index contributed by atoms with van der Waals surface area (Å²) in [5.41, 5.74) is 3.93. The summed E-state index contributed by atoms with van der Waals surface area (Å²) >= 11 is 0. The van der Waals surface area contributed by atoms with Crippen molar-refractivity contribution in [2.45, 2.75) is 58.8 Å². The van der Waals surface area contributed by atoms with Crippen LogP contribution >= 0.6 is 0 Å². The van der Waals surface area contributed by atoms with Gasteiger partial charge in [0.2, 0.25) is 5.91 Å². The van der Waals surface area contributed by atoms with Crippen molar-refractivity contribution < 1.29 is 4.79 Å². The van der Waals surface area contributed by atoms with Gasteiger partial charge in [-0.2, -0.15) is 0 Å². The van der Waals surface area contributed by atoms with Gasteiger partial charge in [-0.05, 0) is 35.8 Å². The summed E-state index contributed by atoms with van der Waals surface area (Å²) in [7, 11) is 0. The molecule has 0 unspecified atom stereocenters. The van der Waals surface area contributed by atoms with E-state index in [2.05, 4.69) is 51.2 Å². The molecule has 1 aliphatic heterocycles. The van der Waals surface area contributed by atoms with Crippen LogP contribution < -0.4 is 5.32 Å². The monoisotopic (exact) mass is 302 g/mol. The van der Waals surface area contributed by atoms with E-state index in [9.17, 15) is 4.79 Å². The lowest BCUT2D eigenvalue weighted by atomic mass is 9.92. The lowest BCUT2D eigenvalue weighted by Gasteiger charge is -2.21. The molecule has 0 saturated carbocycles. The van der Waals surface area contributed by atoms with Crippen molar-refractivity contribution in [3.63, 3.8) is 0 Å². The molecule has 0 aliphatic carbocycles. The standard InChI is InChI=1S/C19H30N2O/c1-14(2)16-8-7-9-17(15(3)4)19(16)20-11-10-18(22)21-12-5-6-13-21/h7-9,14-15,20H,5-6,10-13H2,1-4H3. The molecule has 3 heteroatoms. The highest BCUT2D eigenvalue weighted by atomic mass is 16.2. The number of hydrogen-bond donors (Lipinski definition) is 1. The Bertz CT molecular complexity index is 476. The van der Waals surface area contributed by atoms with Gasteiger partial charge >= 0.3 is 0 Å². The fraction of sp³-hybridized carbons (Fsp3) is 0.632. The van der Waals surface area contributed by atoms with Gasteiger partial charge in [-0.1, -0.05) is 45.9 Å². The molecule has 2 rings (SSSR count). The van der Waals surface area contributed by atoms with E-state index in [0.717, 1.165) is 32.5 Å². The molecule has 3 nitrogen and oxygen atoms in total. The Hall–Kier alpha value is -1.51. The third kappa shape index (κ3) is 4.02. The first-order valence-corrected chi connectivity index (χ1v) is 8.65. The summed E-state index contributed by atoms with van der Waals surface area (Å²) in [5.74, 6) is 1.25. The zero-order valence-corrected chi connectivity index (χ0v) is 14.5. The van der Waals surface area contributed by atoms with Gasteiger partial charge in [0.1, 0.15) is 0 Å². The van der Waals surface area contributed by atoms with Gasteiger partial charge in [0.25, 0.3) is 0 Å². The molecule has 0 atom stereocenters. The van der Waals surface area contributed by atoms with Gasteiger partial charge in [-0.3, -0.25) is 4.79 Å². The Morgan fingerprint density at radius 1 is 1.09 bits per heavy atom. The Balaban J connectivity index is 2.03. The Kier molecular flexibility index (Phi) is 5.87. The molecule has 0 aromatic heterocycles. The minimum Gasteiger partial charge on any atom is -0.384 e. The van der Waals surface area contributed by atoms with Gasteiger partial charge < -0.3 is 10.2 Å². The highest BCUT2D eigenvalue weighted by Gasteiger charge is 2.18. The first kappa shape index (κ1) is 16.9. The van der Waals surface area contributed by atoms with Crippen molar-refractivity contribution in [3.05, 3.63) is 29.3 Å². The number of nitrogens with one attached hydrogen (secondary N) is 1. The fourth-order valence-electron chi connectivity index (χ4n) is 3.17. The molecule has 1 N–H and O–H groups in total. The molecule has 1 fully saturated rings. The maximum atomic E-state index is 12.2. The molecule has 1 aliphatic rings. The maximum Gasteiger partial charge on any atom is 0.224 e. The van der Waals surface area contributed by atoms with Crippen molar-refractivity contribution >= 4 is 11.6 Å². The largest absolute Gasteiger partial charge is 0.384 e. The number of rotatable bonds is 6. The van der Waals surface area contributed by atoms with E-state index >= 15 is 0 Å². The molecule has 1 aromatic carbocycles. The molecule has 0 spiro atoms. The van der Waals surface area contributed by atoms with E-state index in [0.29, 0.717) is 18.3 Å². The predicted octanol–water partition coefficient (Wildman–Crippen LogP) is 4.36. The van der Waals surface area contributed by atoms with E-state index in [1.165, 1.54) is 16.8 Å². The summed E-state index contributed by atoms with van der Waals surface area (Å²) in [5, 5.41) is 3.55. The van der Waals surface area contributed by atoms with Crippen LogP contribution in [-0.4, -0.2) is 30.4 Å². The lowest BCUT2D eigenvalue weighted by molar-refractivity contribution is -0.129. The Morgan fingerprint density at radius 2 is 1.64 bits per heavy atom. The van der Waals surface area contributed by atoms with Crippen LogP contribution in [0.5, 0.6) is 0 Å². The molecule has 1 aromatic rings. The van der Waals surface area contributed by atoms with Crippen LogP contribution in [0.3, 0.4) is 0 Å². The number of hydrogen-bond acceptors (Lipinski definition) is 2. The smallest absolute Gasteiger partial charge is 0.224 e. The van der Waals surface area contributed by atoms with Crippen LogP contribution in [-0.2, 0) is 4.79 Å². The molecular weight excluding hydrogens is 272 g/mol. The Morgan fingerprint density at radius 3 is 2.14 bits per heavy atom. The van der Waals surface area contributed by atoms with Crippen LogP contribution in [0, 0.1) is 0 Å². The van der Waals surface area contributed by atoms with Crippen LogP contribution in [0.4, 0.5) is 5.69 Å². The number of carbonyl (C=O) groups excluding carboxylic acids is 1. The van der Waals surface area contributed by atoms with Crippen molar-refractivity contribution in [1.29, 1.82) is 0 Å². The summed E-state index contributed by atoms with van der Waals surface area (Å²) in [6, 6.07) is 6.54. The minimum absolute atomic E-state index is 0.290. The molecule has 1 saturated heterocycles. The molecule has 1 amide bonds. The number of nitrogens with zero attached hydrogens (tertiary/aromatic N) is 1. The maximum absolute atomic E-state index is 12.2.